The Hall–Kier alpha value is -0.610. The Morgan fingerprint density at radius 3 is 2.04 bits per heavy atom. The summed E-state index contributed by atoms with van der Waals surface area (Å²) in [7, 11) is 0. The molecule has 0 N–H and O–H groups in total. The number of amides is 1. The first-order valence-electron chi connectivity index (χ1n) is 9.72. The van der Waals surface area contributed by atoms with Crippen molar-refractivity contribution in [3.63, 3.8) is 0 Å². The maximum atomic E-state index is 12.1. The first-order valence-corrected chi connectivity index (χ1v) is 9.72. The SMILES string of the molecule is CCC(C)C1CCN(CN2CCN(C(=O)CC(C)C)CC2)CC1. The molecule has 0 spiro atoms. The van der Waals surface area contributed by atoms with Gasteiger partial charge in [0, 0.05) is 32.6 Å². The van der Waals surface area contributed by atoms with Crippen LogP contribution in [0.1, 0.15) is 53.4 Å². The van der Waals surface area contributed by atoms with Crippen LogP contribution in [0.4, 0.5) is 0 Å². The highest BCUT2D eigenvalue weighted by atomic mass is 16.2. The molecule has 1 unspecified atom stereocenters. The van der Waals surface area contributed by atoms with Gasteiger partial charge in [-0.1, -0.05) is 34.1 Å². The lowest BCUT2D eigenvalue weighted by atomic mass is 9.84. The second kappa shape index (κ2) is 9.03. The van der Waals surface area contributed by atoms with E-state index < -0.39 is 0 Å². The lowest BCUT2D eigenvalue weighted by Gasteiger charge is -2.40. The second-order valence-corrected chi connectivity index (χ2v) is 8.08. The van der Waals surface area contributed by atoms with Crippen LogP contribution in [0.25, 0.3) is 0 Å². The van der Waals surface area contributed by atoms with Crippen LogP contribution in [0.15, 0.2) is 0 Å². The Bertz CT molecular complexity index is 356. The van der Waals surface area contributed by atoms with Gasteiger partial charge in [0.05, 0.1) is 6.67 Å². The molecule has 0 aliphatic carbocycles. The van der Waals surface area contributed by atoms with Crippen molar-refractivity contribution in [2.45, 2.75) is 53.4 Å². The summed E-state index contributed by atoms with van der Waals surface area (Å²) in [6, 6.07) is 0. The van der Waals surface area contributed by atoms with E-state index in [-0.39, 0.29) is 0 Å². The topological polar surface area (TPSA) is 26.8 Å². The van der Waals surface area contributed by atoms with Gasteiger partial charge in [0.1, 0.15) is 0 Å². The summed E-state index contributed by atoms with van der Waals surface area (Å²) < 4.78 is 0. The molecule has 0 aromatic rings. The molecule has 2 aliphatic rings. The molecule has 4 heteroatoms. The molecule has 134 valence electrons. The minimum absolute atomic E-state index is 0.342. The number of piperazine rings is 1. The van der Waals surface area contributed by atoms with Crippen LogP contribution >= 0.6 is 0 Å². The average Bonchev–Trinajstić information content (AvgIpc) is 2.55. The minimum atomic E-state index is 0.342. The molecule has 23 heavy (non-hydrogen) atoms. The van der Waals surface area contributed by atoms with Crippen LogP contribution in [0.5, 0.6) is 0 Å². The van der Waals surface area contributed by atoms with Gasteiger partial charge >= 0.3 is 0 Å². The van der Waals surface area contributed by atoms with Crippen LogP contribution in [-0.2, 0) is 4.79 Å². The Kier molecular flexibility index (Phi) is 7.35. The Labute approximate surface area is 143 Å². The maximum absolute atomic E-state index is 12.1. The van der Waals surface area contributed by atoms with E-state index in [0.29, 0.717) is 18.2 Å². The number of likely N-dealkylation sites (tertiary alicyclic amines) is 1. The Morgan fingerprint density at radius 1 is 0.957 bits per heavy atom. The van der Waals surface area contributed by atoms with Gasteiger partial charge in [0.25, 0.3) is 0 Å². The lowest BCUT2D eigenvalue weighted by molar-refractivity contribution is -0.134. The van der Waals surface area contributed by atoms with E-state index in [1.807, 2.05) is 0 Å². The predicted molar refractivity (Wildman–Crippen MR) is 96.2 cm³/mol. The molecule has 2 saturated heterocycles. The van der Waals surface area contributed by atoms with Crippen molar-refractivity contribution in [3.05, 3.63) is 0 Å². The van der Waals surface area contributed by atoms with Gasteiger partial charge in [0.2, 0.25) is 5.91 Å². The van der Waals surface area contributed by atoms with Gasteiger partial charge in [0.15, 0.2) is 0 Å². The van der Waals surface area contributed by atoms with E-state index in [1.165, 1.54) is 32.4 Å². The summed E-state index contributed by atoms with van der Waals surface area (Å²) in [5.41, 5.74) is 0. The fraction of sp³-hybridized carbons (Fsp3) is 0.947. The van der Waals surface area contributed by atoms with Gasteiger partial charge in [-0.05, 0) is 43.7 Å². The van der Waals surface area contributed by atoms with E-state index in [2.05, 4.69) is 42.4 Å². The molecular weight excluding hydrogens is 286 g/mol. The number of rotatable bonds is 6. The van der Waals surface area contributed by atoms with Crippen molar-refractivity contribution in [1.29, 1.82) is 0 Å². The molecule has 0 bridgehead atoms. The van der Waals surface area contributed by atoms with Crippen molar-refractivity contribution in [2.75, 3.05) is 45.9 Å². The Balaban J connectivity index is 1.66. The molecule has 0 saturated carbocycles. The third kappa shape index (κ3) is 5.75. The molecular formula is C19H37N3O. The monoisotopic (exact) mass is 323 g/mol. The maximum Gasteiger partial charge on any atom is 0.222 e. The zero-order valence-corrected chi connectivity index (χ0v) is 15.8. The number of piperidine rings is 1. The highest BCUT2D eigenvalue weighted by molar-refractivity contribution is 5.76. The number of carbonyl (C=O) groups is 1. The van der Waals surface area contributed by atoms with E-state index in [4.69, 9.17) is 0 Å². The predicted octanol–water partition coefficient (Wildman–Crippen LogP) is 2.89. The Morgan fingerprint density at radius 2 is 1.52 bits per heavy atom. The van der Waals surface area contributed by atoms with Crippen molar-refractivity contribution in [2.24, 2.45) is 17.8 Å². The smallest absolute Gasteiger partial charge is 0.222 e. The minimum Gasteiger partial charge on any atom is -0.340 e. The lowest BCUT2D eigenvalue weighted by Crippen LogP contribution is -2.52. The van der Waals surface area contributed by atoms with Crippen molar-refractivity contribution in [1.82, 2.24) is 14.7 Å². The molecule has 0 aromatic heterocycles. The van der Waals surface area contributed by atoms with E-state index in [1.54, 1.807) is 0 Å². The number of carbonyl (C=O) groups excluding carboxylic acids is 1. The molecule has 4 nitrogen and oxygen atoms in total. The highest BCUT2D eigenvalue weighted by Crippen LogP contribution is 2.26. The summed E-state index contributed by atoms with van der Waals surface area (Å²) in [6.45, 7) is 16.5. The molecule has 1 amide bonds. The molecule has 0 radical (unpaired) electrons. The van der Waals surface area contributed by atoms with Crippen molar-refractivity contribution in [3.8, 4) is 0 Å². The summed E-state index contributed by atoms with van der Waals surface area (Å²) >= 11 is 0. The van der Waals surface area contributed by atoms with E-state index in [9.17, 15) is 4.79 Å². The third-order valence-electron chi connectivity index (χ3n) is 5.79. The summed E-state index contributed by atoms with van der Waals surface area (Å²) in [4.78, 5) is 19.3. The van der Waals surface area contributed by atoms with Crippen LogP contribution in [0.3, 0.4) is 0 Å². The summed E-state index contributed by atoms with van der Waals surface area (Å²) in [6.07, 6.45) is 4.74. The molecule has 2 heterocycles. The van der Waals surface area contributed by atoms with Crippen LogP contribution in [0.2, 0.25) is 0 Å². The second-order valence-electron chi connectivity index (χ2n) is 8.08. The fourth-order valence-electron chi connectivity index (χ4n) is 3.90. The van der Waals surface area contributed by atoms with Crippen molar-refractivity contribution < 1.29 is 4.79 Å². The molecule has 2 fully saturated rings. The standard InChI is InChI=1S/C19H37N3O/c1-5-17(4)18-6-8-20(9-7-18)15-21-10-12-22(13-11-21)19(23)14-16(2)3/h16-18H,5-15H2,1-4H3. The summed E-state index contributed by atoms with van der Waals surface area (Å²) in [5, 5.41) is 0. The molecule has 0 aromatic carbocycles. The van der Waals surface area contributed by atoms with Crippen LogP contribution < -0.4 is 0 Å². The molecule has 2 rings (SSSR count). The zero-order chi connectivity index (χ0) is 16.8. The van der Waals surface area contributed by atoms with Crippen molar-refractivity contribution >= 4 is 5.91 Å². The number of nitrogens with zero attached hydrogens (tertiary/aromatic N) is 3. The van der Waals surface area contributed by atoms with Gasteiger partial charge in [-0.15, -0.1) is 0 Å². The van der Waals surface area contributed by atoms with Gasteiger partial charge in [-0.25, -0.2) is 0 Å². The van der Waals surface area contributed by atoms with Crippen LogP contribution in [0, 0.1) is 17.8 Å². The number of hydrogen-bond acceptors (Lipinski definition) is 3. The molecule has 1 atom stereocenters. The first-order chi connectivity index (χ1) is 11.0. The average molecular weight is 324 g/mol. The van der Waals surface area contributed by atoms with Gasteiger partial charge in [-0.3, -0.25) is 14.6 Å². The third-order valence-corrected chi connectivity index (χ3v) is 5.79. The largest absolute Gasteiger partial charge is 0.340 e. The van der Waals surface area contributed by atoms with E-state index >= 15 is 0 Å². The van der Waals surface area contributed by atoms with Gasteiger partial charge in [-0.2, -0.15) is 0 Å². The normalized spacial score (nSPS) is 23.4. The fourth-order valence-corrected chi connectivity index (χ4v) is 3.90. The van der Waals surface area contributed by atoms with Crippen LogP contribution in [-0.4, -0.2) is 66.5 Å². The number of hydrogen-bond donors (Lipinski definition) is 0. The van der Waals surface area contributed by atoms with Gasteiger partial charge < -0.3 is 4.90 Å². The first kappa shape index (κ1) is 18.7. The highest BCUT2D eigenvalue weighted by Gasteiger charge is 2.26. The van der Waals surface area contributed by atoms with E-state index in [0.717, 1.165) is 44.7 Å². The quantitative estimate of drug-likeness (QED) is 0.752. The molecule has 2 aliphatic heterocycles. The summed E-state index contributed by atoms with van der Waals surface area (Å²) in [5.74, 6) is 2.62. The zero-order valence-electron chi connectivity index (χ0n) is 15.8.